The first-order chi connectivity index (χ1) is 20.5. The summed E-state index contributed by atoms with van der Waals surface area (Å²) < 4.78 is 0. The molecule has 0 aliphatic carbocycles. The first-order valence-electron chi connectivity index (χ1n) is 14.5. The first kappa shape index (κ1) is 30.1. The van der Waals surface area contributed by atoms with E-state index < -0.39 is 5.97 Å². The number of fused-ring (bicyclic) bond motifs is 1. The number of carboxylic acid groups (broad SMARTS) is 1. The van der Waals surface area contributed by atoms with Crippen molar-refractivity contribution >= 4 is 34.5 Å². The molecule has 7 heteroatoms. The summed E-state index contributed by atoms with van der Waals surface area (Å²) in [5.74, 6) is -1.20. The van der Waals surface area contributed by atoms with Crippen molar-refractivity contribution in [2.45, 2.75) is 58.9 Å². The van der Waals surface area contributed by atoms with Crippen LogP contribution in [0.2, 0.25) is 5.02 Å². The number of carboxylic acids is 1. The van der Waals surface area contributed by atoms with Gasteiger partial charge in [-0.25, -0.2) is 9.78 Å². The number of aryl methyl sites for hydroxylation is 1. The summed E-state index contributed by atoms with van der Waals surface area (Å²) in [6.07, 6.45) is 1.59. The van der Waals surface area contributed by atoms with Crippen molar-refractivity contribution < 1.29 is 14.7 Å². The Morgan fingerprint density at radius 1 is 0.977 bits per heavy atom. The lowest BCUT2D eigenvalue weighted by atomic mass is 9.87. The van der Waals surface area contributed by atoms with E-state index in [1.54, 1.807) is 24.3 Å². The fourth-order valence-electron chi connectivity index (χ4n) is 5.57. The van der Waals surface area contributed by atoms with Crippen molar-refractivity contribution in [3.05, 3.63) is 112 Å². The van der Waals surface area contributed by atoms with Gasteiger partial charge in [-0.15, -0.1) is 0 Å². The van der Waals surface area contributed by atoms with Crippen molar-refractivity contribution in [2.75, 3.05) is 0 Å². The fraction of sp³-hybridized carbons (Fsp3) is 0.250. The third kappa shape index (κ3) is 6.20. The number of hydrogen-bond donors (Lipinski definition) is 3. The molecule has 5 rings (SSSR count). The number of hydrogen-bond acceptors (Lipinski definition) is 3. The third-order valence-electron chi connectivity index (χ3n) is 7.77. The number of rotatable bonds is 8. The Balaban J connectivity index is 1.76. The smallest absolute Gasteiger partial charge is 0.337 e. The van der Waals surface area contributed by atoms with E-state index >= 15 is 0 Å². The van der Waals surface area contributed by atoms with E-state index in [0.29, 0.717) is 33.1 Å². The van der Waals surface area contributed by atoms with Crippen LogP contribution in [0, 0.1) is 6.92 Å². The highest BCUT2D eigenvalue weighted by molar-refractivity contribution is 6.31. The van der Waals surface area contributed by atoms with E-state index in [4.69, 9.17) is 16.6 Å². The maximum absolute atomic E-state index is 14.2. The van der Waals surface area contributed by atoms with Crippen molar-refractivity contribution in [3.8, 4) is 22.5 Å². The summed E-state index contributed by atoms with van der Waals surface area (Å²) in [6, 6.07) is 24.4. The lowest BCUT2D eigenvalue weighted by Crippen LogP contribution is -2.30. The molecule has 3 N–H and O–H groups in total. The van der Waals surface area contributed by atoms with Gasteiger partial charge in [-0.1, -0.05) is 94.2 Å². The van der Waals surface area contributed by atoms with Crippen LogP contribution in [0.5, 0.6) is 0 Å². The van der Waals surface area contributed by atoms with Crippen molar-refractivity contribution in [1.29, 1.82) is 0 Å². The molecule has 0 fully saturated rings. The molecule has 4 aromatic carbocycles. The summed E-state index contributed by atoms with van der Waals surface area (Å²) in [6.45, 7) is 10.3. The van der Waals surface area contributed by atoms with Crippen LogP contribution >= 0.6 is 11.6 Å². The van der Waals surface area contributed by atoms with E-state index in [9.17, 15) is 14.7 Å². The molecule has 1 heterocycles. The first-order valence-corrected chi connectivity index (χ1v) is 14.9. The topological polar surface area (TPSA) is 95.1 Å². The van der Waals surface area contributed by atoms with Gasteiger partial charge in [0.25, 0.3) is 5.91 Å². The fourth-order valence-corrected chi connectivity index (χ4v) is 5.76. The molecule has 0 unspecified atom stereocenters. The van der Waals surface area contributed by atoms with Crippen molar-refractivity contribution in [2.24, 2.45) is 0 Å². The highest BCUT2D eigenvalue weighted by Crippen LogP contribution is 2.39. The monoisotopic (exact) mass is 593 g/mol. The van der Waals surface area contributed by atoms with Crippen LogP contribution in [0.15, 0.2) is 78.9 Å². The number of halogens is 1. The van der Waals surface area contributed by atoms with Gasteiger partial charge in [0.1, 0.15) is 5.82 Å². The molecule has 43 heavy (non-hydrogen) atoms. The minimum atomic E-state index is -1.16. The van der Waals surface area contributed by atoms with Gasteiger partial charge in [-0.3, -0.25) is 4.79 Å². The summed E-state index contributed by atoms with van der Waals surface area (Å²) in [7, 11) is 0. The van der Waals surface area contributed by atoms with Gasteiger partial charge in [-0.05, 0) is 76.9 Å². The molecular weight excluding hydrogens is 558 g/mol. The molecule has 1 aromatic heterocycles. The average molecular weight is 594 g/mol. The zero-order valence-electron chi connectivity index (χ0n) is 25.1. The molecule has 1 amide bonds. The number of imidazole rings is 1. The maximum atomic E-state index is 14.2. The van der Waals surface area contributed by atoms with E-state index in [1.807, 2.05) is 61.5 Å². The van der Waals surface area contributed by atoms with Crippen molar-refractivity contribution in [3.63, 3.8) is 0 Å². The quantitative estimate of drug-likeness (QED) is 0.167. The number of nitrogens with one attached hydrogen (secondary N) is 2. The number of aromatic amines is 1. The number of H-pyrrole nitrogens is 1. The second-order valence-electron chi connectivity index (χ2n) is 12.0. The van der Waals surface area contributed by atoms with Crippen LogP contribution in [-0.4, -0.2) is 27.0 Å². The Morgan fingerprint density at radius 3 is 2.37 bits per heavy atom. The van der Waals surface area contributed by atoms with Crippen LogP contribution in [-0.2, 0) is 5.41 Å². The number of aromatic carboxylic acids is 1. The molecule has 6 nitrogen and oxygen atoms in total. The average Bonchev–Trinajstić information content (AvgIpc) is 3.39. The summed E-state index contributed by atoms with van der Waals surface area (Å²) in [5.41, 5.74) is 5.68. The number of carbonyl (C=O) groups excluding carboxylic acids is 1. The molecule has 0 radical (unpaired) electrons. The molecule has 0 spiro atoms. The van der Waals surface area contributed by atoms with Gasteiger partial charge in [0.05, 0.1) is 28.2 Å². The standard InChI is InChI=1S/C36H36ClN3O3/c1-6-11-27(22-12-8-7-9-13-22)40-34(41)30-21(2)18-26(23-14-10-15-25(37)19-23)31(35(42)43)32(30)33-38-28-17-16-24(36(3,4)5)20-29(28)39-33/h7-10,12-20,27H,6,11H2,1-5H3,(H,38,39)(H,40,41)(H,42,43)/t27-/m1/s1. The summed E-state index contributed by atoms with van der Waals surface area (Å²) >= 11 is 6.33. The number of aromatic nitrogens is 2. The highest BCUT2D eigenvalue weighted by Gasteiger charge is 2.30. The van der Waals surface area contributed by atoms with Gasteiger partial charge in [0.15, 0.2) is 0 Å². The van der Waals surface area contributed by atoms with Crippen LogP contribution in [0.25, 0.3) is 33.5 Å². The highest BCUT2D eigenvalue weighted by atomic mass is 35.5. The largest absolute Gasteiger partial charge is 0.478 e. The molecule has 0 bridgehead atoms. The van der Waals surface area contributed by atoms with Gasteiger partial charge in [-0.2, -0.15) is 0 Å². The molecule has 0 saturated carbocycles. The van der Waals surface area contributed by atoms with Crippen molar-refractivity contribution in [1.82, 2.24) is 15.3 Å². The van der Waals surface area contributed by atoms with Crippen LogP contribution in [0.1, 0.15) is 84.0 Å². The zero-order chi connectivity index (χ0) is 30.9. The number of carbonyl (C=O) groups is 2. The molecule has 5 aromatic rings. The maximum Gasteiger partial charge on any atom is 0.337 e. The third-order valence-corrected chi connectivity index (χ3v) is 8.01. The Kier molecular flexibility index (Phi) is 8.43. The number of amides is 1. The van der Waals surface area contributed by atoms with Gasteiger partial charge >= 0.3 is 5.97 Å². The van der Waals surface area contributed by atoms with E-state index in [-0.39, 0.29) is 34.1 Å². The summed E-state index contributed by atoms with van der Waals surface area (Å²) in [4.78, 5) is 35.5. The zero-order valence-corrected chi connectivity index (χ0v) is 25.8. The van der Waals surface area contributed by atoms with E-state index in [1.165, 1.54) is 0 Å². The Morgan fingerprint density at radius 2 is 1.72 bits per heavy atom. The second kappa shape index (κ2) is 12.1. The molecule has 0 saturated heterocycles. The molecule has 220 valence electrons. The summed E-state index contributed by atoms with van der Waals surface area (Å²) in [5, 5.41) is 14.4. The molecule has 0 aliphatic heterocycles. The molecule has 0 aliphatic rings. The number of nitrogens with zero attached hydrogens (tertiary/aromatic N) is 1. The van der Waals surface area contributed by atoms with Gasteiger partial charge < -0.3 is 15.4 Å². The predicted octanol–water partition coefficient (Wildman–Crippen LogP) is 9.13. The van der Waals surface area contributed by atoms with Crippen LogP contribution in [0.4, 0.5) is 0 Å². The van der Waals surface area contributed by atoms with Gasteiger partial charge in [0.2, 0.25) is 0 Å². The Hall–Kier alpha value is -4.42. The minimum absolute atomic E-state index is 0.0140. The lowest BCUT2D eigenvalue weighted by Gasteiger charge is -2.22. The number of benzene rings is 4. The SMILES string of the molecule is CCC[C@@H](NC(=O)c1c(C)cc(-c2cccc(Cl)c2)c(C(=O)O)c1-c1nc2cc(C(C)(C)C)ccc2[nH]1)c1ccccc1. The normalized spacial score (nSPS) is 12.3. The minimum Gasteiger partial charge on any atom is -0.478 e. The van der Waals surface area contributed by atoms with Crippen LogP contribution < -0.4 is 5.32 Å². The Bertz CT molecular complexity index is 1820. The van der Waals surface area contributed by atoms with Crippen LogP contribution in [0.3, 0.4) is 0 Å². The van der Waals surface area contributed by atoms with E-state index in [0.717, 1.165) is 29.5 Å². The lowest BCUT2D eigenvalue weighted by molar-refractivity contribution is 0.0698. The van der Waals surface area contributed by atoms with Gasteiger partial charge in [0, 0.05) is 10.6 Å². The predicted molar refractivity (Wildman–Crippen MR) is 174 cm³/mol. The molecular formula is C36H36ClN3O3. The Labute approximate surface area is 257 Å². The second-order valence-corrected chi connectivity index (χ2v) is 12.4. The molecule has 1 atom stereocenters. The van der Waals surface area contributed by atoms with E-state index in [2.05, 4.69) is 38.0 Å².